The maximum absolute atomic E-state index is 5.37. The Kier molecular flexibility index (Phi) is 3.10. The molecule has 86 valence electrons. The van der Waals surface area contributed by atoms with Crippen molar-refractivity contribution in [3.8, 4) is 0 Å². The molecule has 0 aromatic carbocycles. The molecule has 1 N–H and O–H groups in total. The average Bonchev–Trinajstić information content (AvgIpc) is 2.88. The Morgan fingerprint density at radius 3 is 2.88 bits per heavy atom. The van der Waals surface area contributed by atoms with Gasteiger partial charge in [-0.15, -0.1) is 0 Å². The Morgan fingerprint density at radius 1 is 1.56 bits per heavy atom. The molecule has 0 amide bonds. The minimum absolute atomic E-state index is 0.250. The van der Waals surface area contributed by atoms with Crippen LogP contribution in [0.1, 0.15) is 23.1 Å². The second-order valence-electron chi connectivity index (χ2n) is 3.93. The van der Waals surface area contributed by atoms with Crippen LogP contribution in [0, 0.1) is 6.92 Å². The van der Waals surface area contributed by atoms with Crippen molar-refractivity contribution in [2.75, 3.05) is 7.05 Å². The lowest BCUT2D eigenvalue weighted by Gasteiger charge is -2.14. The second kappa shape index (κ2) is 4.53. The summed E-state index contributed by atoms with van der Waals surface area (Å²) in [7, 11) is 3.92. The fourth-order valence-electron chi connectivity index (χ4n) is 1.86. The van der Waals surface area contributed by atoms with Crippen LogP contribution in [0.5, 0.6) is 0 Å². The van der Waals surface area contributed by atoms with Crippen molar-refractivity contribution in [1.29, 1.82) is 0 Å². The molecule has 4 nitrogen and oxygen atoms in total. The number of nitrogens with one attached hydrogen (secondary N) is 1. The highest BCUT2D eigenvalue weighted by Gasteiger charge is 2.16. The molecule has 0 aliphatic heterocycles. The van der Waals surface area contributed by atoms with Crippen LogP contribution < -0.4 is 5.32 Å². The molecule has 2 aromatic heterocycles. The minimum atomic E-state index is 0.250. The third-order valence-electron chi connectivity index (χ3n) is 2.98. The fraction of sp³-hybridized carbons (Fsp3) is 0.417. The van der Waals surface area contributed by atoms with Gasteiger partial charge in [0.05, 0.1) is 12.5 Å². The Morgan fingerprint density at radius 2 is 2.38 bits per heavy atom. The maximum atomic E-state index is 5.37. The van der Waals surface area contributed by atoms with Crippen molar-refractivity contribution >= 4 is 0 Å². The smallest absolute Gasteiger partial charge is 0.105 e. The van der Waals surface area contributed by atoms with E-state index in [0.717, 1.165) is 12.2 Å². The average molecular weight is 219 g/mol. The number of furan rings is 1. The molecule has 0 aliphatic rings. The van der Waals surface area contributed by atoms with E-state index in [0.29, 0.717) is 0 Å². The van der Waals surface area contributed by atoms with E-state index >= 15 is 0 Å². The normalized spacial score (nSPS) is 12.9. The first kappa shape index (κ1) is 11.0. The first-order valence-electron chi connectivity index (χ1n) is 5.40. The van der Waals surface area contributed by atoms with Crippen molar-refractivity contribution in [2.24, 2.45) is 7.05 Å². The molecule has 0 spiro atoms. The number of hydrogen-bond acceptors (Lipinski definition) is 3. The predicted octanol–water partition coefficient (Wildman–Crippen LogP) is 1.82. The van der Waals surface area contributed by atoms with Crippen molar-refractivity contribution in [3.63, 3.8) is 0 Å². The SMILES string of the molecule is CNC(Cc1ccco1)c1cnn(C)c1C. The van der Waals surface area contributed by atoms with Gasteiger partial charge in [-0.1, -0.05) is 0 Å². The van der Waals surface area contributed by atoms with Gasteiger partial charge in [-0.2, -0.15) is 5.10 Å². The lowest BCUT2D eigenvalue weighted by molar-refractivity contribution is 0.465. The van der Waals surface area contributed by atoms with Gasteiger partial charge in [-0.3, -0.25) is 4.68 Å². The highest BCUT2D eigenvalue weighted by Crippen LogP contribution is 2.20. The molecule has 0 fully saturated rings. The van der Waals surface area contributed by atoms with Crippen LogP contribution in [-0.4, -0.2) is 16.8 Å². The molecule has 2 rings (SSSR count). The van der Waals surface area contributed by atoms with Crippen molar-refractivity contribution < 1.29 is 4.42 Å². The van der Waals surface area contributed by atoms with Gasteiger partial charge in [0.1, 0.15) is 5.76 Å². The Bertz CT molecular complexity index is 445. The summed E-state index contributed by atoms with van der Waals surface area (Å²) < 4.78 is 7.26. The van der Waals surface area contributed by atoms with Gasteiger partial charge in [0, 0.05) is 30.8 Å². The van der Waals surface area contributed by atoms with E-state index in [1.165, 1.54) is 11.3 Å². The number of aryl methyl sites for hydroxylation is 1. The van der Waals surface area contributed by atoms with Crippen LogP contribution in [0.25, 0.3) is 0 Å². The van der Waals surface area contributed by atoms with Gasteiger partial charge < -0.3 is 9.73 Å². The lowest BCUT2D eigenvalue weighted by Crippen LogP contribution is -2.19. The minimum Gasteiger partial charge on any atom is -0.469 e. The largest absolute Gasteiger partial charge is 0.469 e. The van der Waals surface area contributed by atoms with Crippen LogP contribution in [0.2, 0.25) is 0 Å². The van der Waals surface area contributed by atoms with E-state index in [2.05, 4.69) is 17.3 Å². The van der Waals surface area contributed by atoms with Crippen LogP contribution in [0.15, 0.2) is 29.0 Å². The second-order valence-corrected chi connectivity index (χ2v) is 3.93. The molecule has 0 aliphatic carbocycles. The lowest BCUT2D eigenvalue weighted by atomic mass is 10.0. The van der Waals surface area contributed by atoms with Crippen LogP contribution in [0.4, 0.5) is 0 Å². The van der Waals surface area contributed by atoms with Gasteiger partial charge in [0.15, 0.2) is 0 Å². The van der Waals surface area contributed by atoms with Gasteiger partial charge in [-0.05, 0) is 26.1 Å². The molecule has 2 aromatic rings. The quantitative estimate of drug-likeness (QED) is 0.853. The molecule has 1 unspecified atom stereocenters. The Labute approximate surface area is 95.3 Å². The summed E-state index contributed by atoms with van der Waals surface area (Å²) >= 11 is 0. The Hall–Kier alpha value is -1.55. The molecular weight excluding hydrogens is 202 g/mol. The zero-order valence-corrected chi connectivity index (χ0v) is 9.90. The summed E-state index contributed by atoms with van der Waals surface area (Å²) in [4.78, 5) is 0. The summed E-state index contributed by atoms with van der Waals surface area (Å²) in [5.41, 5.74) is 2.41. The van der Waals surface area contributed by atoms with Gasteiger partial charge in [-0.25, -0.2) is 0 Å². The van der Waals surface area contributed by atoms with Crippen molar-refractivity contribution in [1.82, 2.24) is 15.1 Å². The van der Waals surface area contributed by atoms with Crippen LogP contribution in [0.3, 0.4) is 0 Å². The molecule has 4 heteroatoms. The summed E-state index contributed by atoms with van der Waals surface area (Å²) in [5.74, 6) is 0.989. The van der Waals surface area contributed by atoms with Crippen molar-refractivity contribution in [3.05, 3.63) is 41.6 Å². The monoisotopic (exact) mass is 219 g/mol. The topological polar surface area (TPSA) is 43.0 Å². The zero-order chi connectivity index (χ0) is 11.5. The number of likely N-dealkylation sites (N-methyl/N-ethyl adjacent to an activating group) is 1. The molecule has 0 bridgehead atoms. The maximum Gasteiger partial charge on any atom is 0.105 e. The van der Waals surface area contributed by atoms with E-state index in [-0.39, 0.29) is 6.04 Å². The highest BCUT2D eigenvalue weighted by molar-refractivity contribution is 5.22. The Balaban J connectivity index is 2.20. The predicted molar refractivity (Wildman–Crippen MR) is 62.2 cm³/mol. The molecule has 2 heterocycles. The molecule has 0 radical (unpaired) electrons. The molecular formula is C12H17N3O. The van der Waals surface area contributed by atoms with Crippen molar-refractivity contribution in [2.45, 2.75) is 19.4 Å². The van der Waals surface area contributed by atoms with E-state index in [9.17, 15) is 0 Å². The number of hydrogen-bond donors (Lipinski definition) is 1. The molecule has 0 saturated carbocycles. The summed E-state index contributed by atoms with van der Waals surface area (Å²) in [6, 6.07) is 4.16. The van der Waals surface area contributed by atoms with Gasteiger partial charge in [0.2, 0.25) is 0 Å². The number of nitrogens with zero attached hydrogens (tertiary/aromatic N) is 2. The first-order chi connectivity index (χ1) is 7.72. The third kappa shape index (κ3) is 2.02. The van der Waals surface area contributed by atoms with Gasteiger partial charge in [0.25, 0.3) is 0 Å². The van der Waals surface area contributed by atoms with Gasteiger partial charge >= 0.3 is 0 Å². The van der Waals surface area contributed by atoms with Crippen LogP contribution in [-0.2, 0) is 13.5 Å². The van der Waals surface area contributed by atoms with Crippen LogP contribution >= 0.6 is 0 Å². The molecule has 1 atom stereocenters. The summed E-state index contributed by atoms with van der Waals surface area (Å²) in [6.45, 7) is 2.08. The fourth-order valence-corrected chi connectivity index (χ4v) is 1.86. The summed E-state index contributed by atoms with van der Waals surface area (Å²) in [6.07, 6.45) is 4.47. The van der Waals surface area contributed by atoms with E-state index in [1.54, 1.807) is 6.26 Å². The van der Waals surface area contributed by atoms with E-state index < -0.39 is 0 Å². The first-order valence-corrected chi connectivity index (χ1v) is 5.40. The number of rotatable bonds is 4. The highest BCUT2D eigenvalue weighted by atomic mass is 16.3. The zero-order valence-electron chi connectivity index (χ0n) is 9.90. The van der Waals surface area contributed by atoms with E-state index in [1.807, 2.05) is 37.1 Å². The third-order valence-corrected chi connectivity index (χ3v) is 2.98. The van der Waals surface area contributed by atoms with E-state index in [4.69, 9.17) is 4.42 Å². The standard InChI is InChI=1S/C12H17N3O/c1-9-11(8-14-15(9)3)12(13-2)7-10-5-4-6-16-10/h4-6,8,12-13H,7H2,1-3H3. The summed E-state index contributed by atoms with van der Waals surface area (Å²) in [5, 5.41) is 7.56. The number of aromatic nitrogens is 2. The molecule has 16 heavy (non-hydrogen) atoms. The molecule has 0 saturated heterocycles.